The van der Waals surface area contributed by atoms with Crippen LogP contribution in [0, 0.1) is 0 Å². The Balaban J connectivity index is 2.63. The lowest BCUT2D eigenvalue weighted by Gasteiger charge is -2.18. The van der Waals surface area contributed by atoms with Crippen LogP contribution in [0.2, 0.25) is 5.02 Å². The number of anilines is 2. The van der Waals surface area contributed by atoms with Gasteiger partial charge in [-0.15, -0.1) is 0 Å². The van der Waals surface area contributed by atoms with Gasteiger partial charge in [0, 0.05) is 41.6 Å². The van der Waals surface area contributed by atoms with Crippen LogP contribution in [-0.4, -0.2) is 14.1 Å². The second-order valence-electron chi connectivity index (χ2n) is 4.15. The molecule has 0 unspecified atom stereocenters. The summed E-state index contributed by atoms with van der Waals surface area (Å²) in [6.45, 7) is 0. The SMILES string of the molecule is CN(C)c1cc(N)ccc1-c1ccccc1Cl. The molecular formula is C14H15ClN2. The molecule has 0 aliphatic carbocycles. The number of rotatable bonds is 2. The van der Waals surface area contributed by atoms with Crippen molar-refractivity contribution >= 4 is 23.0 Å². The van der Waals surface area contributed by atoms with Crippen molar-refractivity contribution in [2.45, 2.75) is 0 Å². The Labute approximate surface area is 107 Å². The maximum atomic E-state index is 6.23. The van der Waals surface area contributed by atoms with Crippen LogP contribution in [0.3, 0.4) is 0 Å². The number of hydrogen-bond acceptors (Lipinski definition) is 2. The van der Waals surface area contributed by atoms with Crippen LogP contribution in [0.15, 0.2) is 42.5 Å². The molecule has 0 fully saturated rings. The average Bonchev–Trinajstić information content (AvgIpc) is 2.30. The zero-order valence-corrected chi connectivity index (χ0v) is 10.7. The first-order valence-electron chi connectivity index (χ1n) is 5.41. The minimum Gasteiger partial charge on any atom is -0.399 e. The van der Waals surface area contributed by atoms with E-state index >= 15 is 0 Å². The van der Waals surface area contributed by atoms with Crippen molar-refractivity contribution in [2.24, 2.45) is 0 Å². The second-order valence-corrected chi connectivity index (χ2v) is 4.56. The third-order valence-corrected chi connectivity index (χ3v) is 3.00. The Morgan fingerprint density at radius 3 is 2.35 bits per heavy atom. The van der Waals surface area contributed by atoms with Crippen LogP contribution < -0.4 is 10.6 Å². The summed E-state index contributed by atoms with van der Waals surface area (Å²) in [5, 5.41) is 0.750. The highest BCUT2D eigenvalue weighted by molar-refractivity contribution is 6.33. The Morgan fingerprint density at radius 2 is 1.71 bits per heavy atom. The minimum atomic E-state index is 0.750. The van der Waals surface area contributed by atoms with E-state index in [1.54, 1.807) is 0 Å². The van der Waals surface area contributed by atoms with Crippen molar-refractivity contribution < 1.29 is 0 Å². The van der Waals surface area contributed by atoms with Gasteiger partial charge in [-0.1, -0.05) is 35.9 Å². The van der Waals surface area contributed by atoms with Crippen LogP contribution in [-0.2, 0) is 0 Å². The summed E-state index contributed by atoms with van der Waals surface area (Å²) >= 11 is 6.23. The summed E-state index contributed by atoms with van der Waals surface area (Å²) in [5.41, 5.74) is 9.76. The molecule has 0 amide bonds. The molecule has 2 aromatic carbocycles. The van der Waals surface area contributed by atoms with Crippen molar-refractivity contribution in [1.82, 2.24) is 0 Å². The van der Waals surface area contributed by atoms with Gasteiger partial charge < -0.3 is 10.6 Å². The topological polar surface area (TPSA) is 29.3 Å². The van der Waals surface area contributed by atoms with Crippen LogP contribution in [0.1, 0.15) is 0 Å². The lowest BCUT2D eigenvalue weighted by molar-refractivity contribution is 1.13. The standard InChI is InChI=1S/C14H15ClN2/c1-17(2)14-9-10(16)7-8-12(14)11-5-3-4-6-13(11)15/h3-9H,16H2,1-2H3. The van der Waals surface area contributed by atoms with Gasteiger partial charge in [0.25, 0.3) is 0 Å². The molecule has 0 radical (unpaired) electrons. The molecule has 0 saturated heterocycles. The summed E-state index contributed by atoms with van der Waals surface area (Å²) < 4.78 is 0. The molecule has 17 heavy (non-hydrogen) atoms. The Bertz CT molecular complexity index is 535. The first kappa shape index (κ1) is 11.8. The zero-order chi connectivity index (χ0) is 12.4. The fourth-order valence-electron chi connectivity index (χ4n) is 1.83. The van der Waals surface area contributed by atoms with Gasteiger partial charge in [0.2, 0.25) is 0 Å². The van der Waals surface area contributed by atoms with Gasteiger partial charge in [-0.2, -0.15) is 0 Å². The van der Waals surface area contributed by atoms with Gasteiger partial charge in [-0.05, 0) is 18.2 Å². The Kier molecular flexibility index (Phi) is 3.25. The summed E-state index contributed by atoms with van der Waals surface area (Å²) in [5.74, 6) is 0. The van der Waals surface area contributed by atoms with Crippen LogP contribution in [0.5, 0.6) is 0 Å². The minimum absolute atomic E-state index is 0.750. The highest BCUT2D eigenvalue weighted by atomic mass is 35.5. The fraction of sp³-hybridized carbons (Fsp3) is 0.143. The molecule has 2 nitrogen and oxygen atoms in total. The van der Waals surface area contributed by atoms with Crippen molar-refractivity contribution in [1.29, 1.82) is 0 Å². The highest BCUT2D eigenvalue weighted by Crippen LogP contribution is 2.35. The monoisotopic (exact) mass is 246 g/mol. The molecule has 2 N–H and O–H groups in total. The van der Waals surface area contributed by atoms with Gasteiger partial charge in [0.15, 0.2) is 0 Å². The van der Waals surface area contributed by atoms with Gasteiger partial charge in [-0.25, -0.2) is 0 Å². The van der Waals surface area contributed by atoms with Gasteiger partial charge in [-0.3, -0.25) is 0 Å². The maximum Gasteiger partial charge on any atom is 0.0485 e. The number of hydrogen-bond donors (Lipinski definition) is 1. The predicted octanol–water partition coefficient (Wildman–Crippen LogP) is 3.66. The van der Waals surface area contributed by atoms with Crippen LogP contribution in [0.4, 0.5) is 11.4 Å². The largest absolute Gasteiger partial charge is 0.399 e. The van der Waals surface area contributed by atoms with Crippen molar-refractivity contribution in [2.75, 3.05) is 24.7 Å². The third-order valence-electron chi connectivity index (χ3n) is 2.67. The summed E-state index contributed by atoms with van der Waals surface area (Å²) in [7, 11) is 3.99. The highest BCUT2D eigenvalue weighted by Gasteiger charge is 2.09. The van der Waals surface area contributed by atoms with E-state index in [0.717, 1.165) is 27.5 Å². The van der Waals surface area contributed by atoms with Crippen molar-refractivity contribution in [3.8, 4) is 11.1 Å². The molecule has 2 rings (SSSR count). The Morgan fingerprint density at radius 1 is 1.00 bits per heavy atom. The van der Waals surface area contributed by atoms with Crippen molar-refractivity contribution in [3.05, 3.63) is 47.5 Å². The first-order chi connectivity index (χ1) is 8.09. The Hall–Kier alpha value is -1.67. The van der Waals surface area contributed by atoms with Gasteiger partial charge in [0.05, 0.1) is 0 Å². The quantitative estimate of drug-likeness (QED) is 0.820. The number of halogens is 1. The lowest BCUT2D eigenvalue weighted by atomic mass is 10.0. The molecule has 0 bridgehead atoms. The predicted molar refractivity (Wildman–Crippen MR) is 75.6 cm³/mol. The summed E-state index contributed by atoms with van der Waals surface area (Å²) in [6.07, 6.45) is 0. The molecule has 0 aromatic heterocycles. The van der Waals surface area contributed by atoms with Crippen LogP contribution in [0.25, 0.3) is 11.1 Å². The molecule has 0 aliphatic heterocycles. The second kappa shape index (κ2) is 4.68. The fourth-order valence-corrected chi connectivity index (χ4v) is 2.06. The summed E-state index contributed by atoms with van der Waals surface area (Å²) in [4.78, 5) is 2.04. The van der Waals surface area contributed by atoms with Gasteiger partial charge >= 0.3 is 0 Å². The third kappa shape index (κ3) is 2.37. The molecule has 0 heterocycles. The molecule has 0 spiro atoms. The van der Waals surface area contributed by atoms with E-state index in [1.165, 1.54) is 0 Å². The molecule has 0 aliphatic rings. The molecule has 0 atom stereocenters. The summed E-state index contributed by atoms with van der Waals surface area (Å²) in [6, 6.07) is 13.7. The number of benzene rings is 2. The number of nitrogens with zero attached hydrogens (tertiary/aromatic N) is 1. The van der Waals surface area contributed by atoms with E-state index in [0.29, 0.717) is 0 Å². The van der Waals surface area contributed by atoms with Crippen molar-refractivity contribution in [3.63, 3.8) is 0 Å². The van der Waals surface area contributed by atoms with Crippen LogP contribution >= 0.6 is 11.6 Å². The molecule has 3 heteroatoms. The van der Waals surface area contributed by atoms with Gasteiger partial charge in [0.1, 0.15) is 0 Å². The molecule has 88 valence electrons. The maximum absolute atomic E-state index is 6.23. The van der Waals surface area contributed by atoms with E-state index in [-0.39, 0.29) is 0 Å². The normalized spacial score (nSPS) is 10.3. The van der Waals surface area contributed by atoms with E-state index in [2.05, 4.69) is 0 Å². The van der Waals surface area contributed by atoms with E-state index < -0.39 is 0 Å². The number of nitrogens with two attached hydrogens (primary N) is 1. The molecular weight excluding hydrogens is 232 g/mol. The van der Waals surface area contributed by atoms with E-state index in [1.807, 2.05) is 61.5 Å². The number of nitrogen functional groups attached to an aromatic ring is 1. The lowest BCUT2D eigenvalue weighted by Crippen LogP contribution is -2.10. The zero-order valence-electron chi connectivity index (χ0n) is 9.94. The average molecular weight is 247 g/mol. The molecule has 0 saturated carbocycles. The first-order valence-corrected chi connectivity index (χ1v) is 5.79. The molecule has 2 aromatic rings. The van der Waals surface area contributed by atoms with E-state index in [9.17, 15) is 0 Å². The van der Waals surface area contributed by atoms with E-state index in [4.69, 9.17) is 17.3 Å². The smallest absolute Gasteiger partial charge is 0.0485 e.